The van der Waals surface area contributed by atoms with Crippen LogP contribution in [0.25, 0.3) is 28.1 Å². The van der Waals surface area contributed by atoms with Crippen molar-refractivity contribution in [3.8, 4) is 16.9 Å². The molecular formula is C30H31N5OS. The highest BCUT2D eigenvalue weighted by molar-refractivity contribution is 8.02. The van der Waals surface area contributed by atoms with Crippen molar-refractivity contribution in [2.45, 2.75) is 36.5 Å². The number of imidazole rings is 1. The van der Waals surface area contributed by atoms with Crippen LogP contribution in [-0.2, 0) is 10.3 Å². The van der Waals surface area contributed by atoms with Crippen LogP contribution in [0.5, 0.6) is 0 Å². The van der Waals surface area contributed by atoms with Gasteiger partial charge in [0.2, 0.25) is 0 Å². The molecule has 3 aliphatic rings. The molecule has 2 fully saturated rings. The Morgan fingerprint density at radius 2 is 1.78 bits per heavy atom. The molecule has 7 heteroatoms. The molecule has 1 atom stereocenters. The first-order valence-electron chi connectivity index (χ1n) is 13.2. The first-order chi connectivity index (χ1) is 18.2. The molecule has 1 saturated carbocycles. The average molecular weight is 510 g/mol. The van der Waals surface area contributed by atoms with Crippen LogP contribution in [0.2, 0.25) is 0 Å². The maximum absolute atomic E-state index is 6.61. The third-order valence-corrected chi connectivity index (χ3v) is 9.05. The van der Waals surface area contributed by atoms with Gasteiger partial charge in [0.05, 0.1) is 24.2 Å². The molecule has 2 aromatic heterocycles. The minimum absolute atomic E-state index is 0.166. The lowest BCUT2D eigenvalue weighted by Crippen LogP contribution is -2.43. The maximum Gasteiger partial charge on any atom is 0.165 e. The summed E-state index contributed by atoms with van der Waals surface area (Å²) < 4.78 is 7.80. The summed E-state index contributed by atoms with van der Waals surface area (Å²) in [7, 11) is 0. The minimum atomic E-state index is -0.166. The van der Waals surface area contributed by atoms with Crippen LogP contribution in [-0.4, -0.2) is 40.8 Å². The van der Waals surface area contributed by atoms with Gasteiger partial charge < -0.3 is 15.4 Å². The highest BCUT2D eigenvalue weighted by Gasteiger charge is 2.34. The number of rotatable bonds is 5. The van der Waals surface area contributed by atoms with Crippen LogP contribution in [0.3, 0.4) is 0 Å². The number of hydrogen-bond acceptors (Lipinski definition) is 6. The highest BCUT2D eigenvalue weighted by Crippen LogP contribution is 2.42. The second kappa shape index (κ2) is 9.31. The van der Waals surface area contributed by atoms with Crippen LogP contribution >= 0.6 is 11.8 Å². The van der Waals surface area contributed by atoms with Gasteiger partial charge in [-0.1, -0.05) is 30.3 Å². The van der Waals surface area contributed by atoms with Crippen molar-refractivity contribution in [1.82, 2.24) is 14.5 Å². The van der Waals surface area contributed by atoms with Gasteiger partial charge in [-0.2, -0.15) is 0 Å². The quantitative estimate of drug-likeness (QED) is 0.358. The van der Waals surface area contributed by atoms with E-state index in [-0.39, 0.29) is 10.8 Å². The molecule has 1 saturated heterocycles. The minimum Gasteiger partial charge on any atom is -0.378 e. The molecule has 0 amide bonds. The van der Waals surface area contributed by atoms with E-state index in [1.807, 2.05) is 11.8 Å². The third kappa shape index (κ3) is 4.15. The second-order valence-electron chi connectivity index (χ2n) is 10.3. The van der Waals surface area contributed by atoms with Gasteiger partial charge in [-0.25, -0.2) is 9.97 Å². The number of fused-ring (bicyclic) bond motifs is 1. The summed E-state index contributed by atoms with van der Waals surface area (Å²) in [6.45, 7) is 3.38. The van der Waals surface area contributed by atoms with Crippen LogP contribution in [0, 0.1) is 0 Å². The first-order valence-corrected chi connectivity index (χ1v) is 14.2. The standard InChI is InChI=1S/C30H31N5OS/c31-30(13-3-14-30)22-7-9-23(10-8-22)35-28-26(33-29(35)27-6-2-19-37-27)12-11-25(32-28)21-4-1-5-24(20-21)34-15-17-36-18-16-34/h1-2,4-5,7-12,19-20,27H,3,6,13-18,31H2. The Morgan fingerprint density at radius 3 is 2.51 bits per heavy atom. The Morgan fingerprint density at radius 1 is 0.946 bits per heavy atom. The normalized spacial score (nSPS) is 20.9. The van der Waals surface area contributed by atoms with Crippen molar-refractivity contribution in [3.63, 3.8) is 0 Å². The zero-order chi connectivity index (χ0) is 24.8. The Kier molecular flexibility index (Phi) is 5.80. The molecule has 0 radical (unpaired) electrons. The number of ether oxygens (including phenoxy) is 1. The number of morpholine rings is 1. The molecule has 188 valence electrons. The topological polar surface area (TPSA) is 69.2 Å². The van der Waals surface area contributed by atoms with Gasteiger partial charge in [-0.3, -0.25) is 4.57 Å². The lowest BCUT2D eigenvalue weighted by Gasteiger charge is -2.38. The van der Waals surface area contributed by atoms with Crippen molar-refractivity contribution in [2.24, 2.45) is 5.73 Å². The van der Waals surface area contributed by atoms with Crippen LogP contribution in [0.1, 0.15) is 42.3 Å². The van der Waals surface area contributed by atoms with Gasteiger partial charge in [-0.15, -0.1) is 11.8 Å². The summed E-state index contributed by atoms with van der Waals surface area (Å²) in [4.78, 5) is 12.7. The number of aromatic nitrogens is 3. The molecule has 1 unspecified atom stereocenters. The van der Waals surface area contributed by atoms with Crippen molar-refractivity contribution in [1.29, 1.82) is 0 Å². The van der Waals surface area contributed by atoms with Gasteiger partial charge in [0, 0.05) is 35.6 Å². The molecule has 6 nitrogen and oxygen atoms in total. The predicted molar refractivity (Wildman–Crippen MR) is 151 cm³/mol. The number of nitrogens with two attached hydrogens (primary N) is 1. The van der Waals surface area contributed by atoms with Gasteiger partial charge in [-0.05, 0) is 73.1 Å². The largest absolute Gasteiger partial charge is 0.378 e. The van der Waals surface area contributed by atoms with Crippen LogP contribution in [0.15, 0.2) is 72.1 Å². The van der Waals surface area contributed by atoms with E-state index in [0.29, 0.717) is 0 Å². The molecule has 1 aliphatic carbocycles. The van der Waals surface area contributed by atoms with Gasteiger partial charge in [0.1, 0.15) is 11.3 Å². The summed E-state index contributed by atoms with van der Waals surface area (Å²) in [5, 5.41) is 2.47. The molecule has 37 heavy (non-hydrogen) atoms. The summed E-state index contributed by atoms with van der Waals surface area (Å²) in [6.07, 6.45) is 6.54. The van der Waals surface area contributed by atoms with Crippen molar-refractivity contribution >= 4 is 28.6 Å². The molecule has 2 aromatic carbocycles. The summed E-state index contributed by atoms with van der Waals surface area (Å²) in [5.74, 6) is 1.05. The van der Waals surface area contributed by atoms with E-state index in [1.54, 1.807) is 0 Å². The lowest BCUT2D eigenvalue weighted by molar-refractivity contribution is 0.122. The zero-order valence-electron chi connectivity index (χ0n) is 20.8. The van der Waals surface area contributed by atoms with E-state index >= 15 is 0 Å². The van der Waals surface area contributed by atoms with E-state index in [0.717, 1.165) is 79.5 Å². The van der Waals surface area contributed by atoms with Gasteiger partial charge in [0.25, 0.3) is 0 Å². The van der Waals surface area contributed by atoms with Crippen molar-refractivity contribution < 1.29 is 4.74 Å². The number of pyridine rings is 1. The highest BCUT2D eigenvalue weighted by atomic mass is 32.2. The number of hydrogen-bond donors (Lipinski definition) is 1. The number of anilines is 1. The fourth-order valence-electron chi connectivity index (χ4n) is 5.63. The average Bonchev–Trinajstić information content (AvgIpc) is 3.60. The Labute approximate surface area is 221 Å². The Balaban J connectivity index is 1.31. The van der Waals surface area contributed by atoms with E-state index in [4.69, 9.17) is 20.4 Å². The summed E-state index contributed by atoms with van der Waals surface area (Å²) >= 11 is 1.83. The smallest absolute Gasteiger partial charge is 0.165 e. The Bertz CT molecular complexity index is 1460. The molecule has 4 heterocycles. The fourth-order valence-corrected chi connectivity index (χ4v) is 6.54. The summed E-state index contributed by atoms with van der Waals surface area (Å²) in [6, 6.07) is 21.7. The fraction of sp³-hybridized carbons (Fsp3) is 0.333. The molecular weight excluding hydrogens is 478 g/mol. The third-order valence-electron chi connectivity index (χ3n) is 7.97. The van der Waals surface area contributed by atoms with Gasteiger partial charge >= 0.3 is 0 Å². The second-order valence-corrected chi connectivity index (χ2v) is 11.4. The summed E-state index contributed by atoms with van der Waals surface area (Å²) in [5.41, 5.74) is 13.9. The number of thioether (sulfide) groups is 1. The van der Waals surface area contributed by atoms with E-state index in [2.05, 4.69) is 81.6 Å². The van der Waals surface area contributed by atoms with E-state index < -0.39 is 0 Å². The maximum atomic E-state index is 6.61. The number of nitrogens with zero attached hydrogens (tertiary/aromatic N) is 4. The van der Waals surface area contributed by atoms with Crippen molar-refractivity contribution in [2.75, 3.05) is 31.2 Å². The molecule has 2 N–H and O–H groups in total. The van der Waals surface area contributed by atoms with Crippen LogP contribution in [0.4, 0.5) is 5.69 Å². The van der Waals surface area contributed by atoms with Gasteiger partial charge in [0.15, 0.2) is 5.65 Å². The van der Waals surface area contributed by atoms with E-state index in [1.165, 1.54) is 17.7 Å². The molecule has 7 rings (SSSR count). The molecule has 2 aliphatic heterocycles. The molecule has 0 spiro atoms. The first kappa shape index (κ1) is 23.0. The molecule has 0 bridgehead atoms. The monoisotopic (exact) mass is 509 g/mol. The molecule has 4 aromatic rings. The van der Waals surface area contributed by atoms with E-state index in [9.17, 15) is 0 Å². The van der Waals surface area contributed by atoms with Crippen LogP contribution < -0.4 is 10.6 Å². The van der Waals surface area contributed by atoms with Crippen molar-refractivity contribution in [3.05, 3.63) is 83.5 Å². The zero-order valence-corrected chi connectivity index (χ0v) is 21.7. The Hall–Kier alpha value is -3.13. The number of allylic oxidation sites excluding steroid dienone is 1. The SMILES string of the molecule is NC1(c2ccc(-n3c(C4CC=CS4)nc4ccc(-c5cccc(N6CCOCC6)c5)nc43)cc2)CCC1. The number of benzene rings is 2. The predicted octanol–water partition coefficient (Wildman–Crippen LogP) is 5.95. The lowest BCUT2D eigenvalue weighted by atomic mass is 9.73.